The molecule has 2 heterocycles. The maximum absolute atomic E-state index is 12.7. The predicted octanol–water partition coefficient (Wildman–Crippen LogP) is 1.17. The second-order valence-corrected chi connectivity index (χ2v) is 7.33. The SMILES string of the molecule is CCn1cc(S(N)(=O)=O)cc1C(=O)N1CCCC1(C)C. The molecule has 1 saturated heterocycles. The second kappa shape index (κ2) is 4.89. The lowest BCUT2D eigenvalue weighted by molar-refractivity contribution is 0.0641. The van der Waals surface area contributed by atoms with Crippen molar-refractivity contribution in [2.45, 2.75) is 50.6 Å². The molecule has 0 aromatic carbocycles. The standard InChI is InChI=1S/C13H21N3O3S/c1-4-15-9-10(20(14,18)19)8-11(15)12(17)16-7-5-6-13(16,2)3/h8-9H,4-7H2,1-3H3,(H2,14,18,19). The molecule has 0 aliphatic carbocycles. The van der Waals surface area contributed by atoms with Crippen molar-refractivity contribution in [1.29, 1.82) is 0 Å². The first kappa shape index (κ1) is 15.1. The molecule has 1 aliphatic heterocycles. The third kappa shape index (κ3) is 2.60. The molecule has 1 aliphatic rings. The molecule has 1 aromatic heterocycles. The van der Waals surface area contributed by atoms with Gasteiger partial charge in [0.1, 0.15) is 10.6 Å². The molecule has 7 heteroatoms. The summed E-state index contributed by atoms with van der Waals surface area (Å²) in [4.78, 5) is 14.4. The fourth-order valence-corrected chi connectivity index (χ4v) is 3.25. The van der Waals surface area contributed by atoms with Gasteiger partial charge in [0.15, 0.2) is 0 Å². The highest BCUT2D eigenvalue weighted by atomic mass is 32.2. The van der Waals surface area contributed by atoms with E-state index in [2.05, 4.69) is 0 Å². The first-order chi connectivity index (χ1) is 9.16. The lowest BCUT2D eigenvalue weighted by Crippen LogP contribution is -2.43. The lowest BCUT2D eigenvalue weighted by atomic mass is 10.0. The zero-order valence-electron chi connectivity index (χ0n) is 12.1. The Kier molecular flexibility index (Phi) is 3.68. The van der Waals surface area contributed by atoms with Crippen molar-refractivity contribution in [3.8, 4) is 0 Å². The minimum Gasteiger partial charge on any atom is -0.342 e. The highest BCUT2D eigenvalue weighted by molar-refractivity contribution is 7.89. The molecule has 0 saturated carbocycles. The maximum Gasteiger partial charge on any atom is 0.270 e. The number of primary sulfonamides is 1. The molecule has 0 spiro atoms. The Hall–Kier alpha value is -1.34. The molecule has 0 bridgehead atoms. The number of aryl methyl sites for hydroxylation is 1. The van der Waals surface area contributed by atoms with Gasteiger partial charge in [0, 0.05) is 24.8 Å². The van der Waals surface area contributed by atoms with Crippen molar-refractivity contribution < 1.29 is 13.2 Å². The van der Waals surface area contributed by atoms with Crippen LogP contribution in [0.3, 0.4) is 0 Å². The third-order valence-corrected chi connectivity index (χ3v) is 4.79. The van der Waals surface area contributed by atoms with E-state index in [0.29, 0.717) is 18.8 Å². The Morgan fingerprint density at radius 2 is 2.10 bits per heavy atom. The number of aromatic nitrogens is 1. The number of carbonyl (C=O) groups is 1. The van der Waals surface area contributed by atoms with Crippen LogP contribution in [0.2, 0.25) is 0 Å². The number of hydrogen-bond acceptors (Lipinski definition) is 3. The van der Waals surface area contributed by atoms with Gasteiger partial charge in [0.05, 0.1) is 0 Å². The van der Waals surface area contributed by atoms with Crippen LogP contribution >= 0.6 is 0 Å². The van der Waals surface area contributed by atoms with Crippen LogP contribution in [0.4, 0.5) is 0 Å². The van der Waals surface area contributed by atoms with E-state index in [1.54, 1.807) is 9.47 Å². The molecule has 112 valence electrons. The summed E-state index contributed by atoms with van der Waals surface area (Å²) in [5, 5.41) is 5.13. The van der Waals surface area contributed by atoms with Crippen LogP contribution in [-0.2, 0) is 16.6 Å². The topological polar surface area (TPSA) is 85.4 Å². The van der Waals surface area contributed by atoms with Crippen LogP contribution in [0.25, 0.3) is 0 Å². The minimum absolute atomic E-state index is 0.0142. The highest BCUT2D eigenvalue weighted by Crippen LogP contribution is 2.30. The smallest absolute Gasteiger partial charge is 0.270 e. The molecule has 1 fully saturated rings. The summed E-state index contributed by atoms with van der Waals surface area (Å²) in [6, 6.07) is 1.37. The van der Waals surface area contributed by atoms with Gasteiger partial charge < -0.3 is 9.47 Å². The molecule has 0 unspecified atom stereocenters. The van der Waals surface area contributed by atoms with Crippen molar-refractivity contribution >= 4 is 15.9 Å². The lowest BCUT2D eigenvalue weighted by Gasteiger charge is -2.31. The Morgan fingerprint density at radius 3 is 2.55 bits per heavy atom. The molecule has 2 N–H and O–H groups in total. The van der Waals surface area contributed by atoms with E-state index in [0.717, 1.165) is 12.8 Å². The average molecular weight is 299 g/mol. The average Bonchev–Trinajstić information content (AvgIpc) is 2.90. The normalized spacial score (nSPS) is 18.5. The largest absolute Gasteiger partial charge is 0.342 e. The second-order valence-electron chi connectivity index (χ2n) is 5.76. The number of amides is 1. The fraction of sp³-hybridized carbons (Fsp3) is 0.615. The summed E-state index contributed by atoms with van der Waals surface area (Å²) in [5.41, 5.74) is 0.188. The van der Waals surface area contributed by atoms with Gasteiger partial charge >= 0.3 is 0 Å². The van der Waals surface area contributed by atoms with Gasteiger partial charge in [-0.25, -0.2) is 13.6 Å². The van der Waals surface area contributed by atoms with E-state index in [4.69, 9.17) is 5.14 Å². The summed E-state index contributed by atoms with van der Waals surface area (Å²) in [6.45, 7) is 7.13. The fourth-order valence-electron chi connectivity index (χ4n) is 2.70. The monoisotopic (exact) mass is 299 g/mol. The number of nitrogens with two attached hydrogens (primary N) is 1. The van der Waals surface area contributed by atoms with E-state index in [-0.39, 0.29) is 16.3 Å². The number of likely N-dealkylation sites (tertiary alicyclic amines) is 1. The van der Waals surface area contributed by atoms with Gasteiger partial charge in [0.25, 0.3) is 5.91 Å². The van der Waals surface area contributed by atoms with Crippen LogP contribution < -0.4 is 5.14 Å². The van der Waals surface area contributed by atoms with Crippen molar-refractivity contribution in [3.05, 3.63) is 18.0 Å². The van der Waals surface area contributed by atoms with Gasteiger partial charge in [-0.2, -0.15) is 0 Å². The highest BCUT2D eigenvalue weighted by Gasteiger charge is 2.37. The van der Waals surface area contributed by atoms with Crippen molar-refractivity contribution in [3.63, 3.8) is 0 Å². The quantitative estimate of drug-likeness (QED) is 0.909. The molecule has 6 nitrogen and oxygen atoms in total. The Labute approximate surface area is 119 Å². The number of carbonyl (C=O) groups excluding carboxylic acids is 1. The number of sulfonamides is 1. The summed E-state index contributed by atoms with van der Waals surface area (Å²) in [6.07, 6.45) is 3.34. The van der Waals surface area contributed by atoms with E-state index in [1.807, 2.05) is 20.8 Å². The van der Waals surface area contributed by atoms with Crippen LogP contribution in [-0.4, -0.2) is 35.9 Å². The summed E-state index contributed by atoms with van der Waals surface area (Å²) in [5.74, 6) is -0.135. The van der Waals surface area contributed by atoms with Gasteiger partial charge in [0.2, 0.25) is 10.0 Å². The Bertz CT molecular complexity index is 631. The summed E-state index contributed by atoms with van der Waals surface area (Å²) < 4.78 is 24.5. The predicted molar refractivity (Wildman–Crippen MR) is 75.8 cm³/mol. The van der Waals surface area contributed by atoms with Crippen LogP contribution in [0.5, 0.6) is 0 Å². The van der Waals surface area contributed by atoms with Crippen LogP contribution in [0.15, 0.2) is 17.2 Å². The number of nitrogens with zero attached hydrogens (tertiary/aromatic N) is 2. The van der Waals surface area contributed by atoms with Gasteiger partial charge in [-0.1, -0.05) is 0 Å². The molecule has 2 rings (SSSR count). The number of rotatable bonds is 3. The van der Waals surface area contributed by atoms with Crippen LogP contribution in [0.1, 0.15) is 44.1 Å². The third-order valence-electron chi connectivity index (χ3n) is 3.91. The van der Waals surface area contributed by atoms with E-state index >= 15 is 0 Å². The molecular weight excluding hydrogens is 278 g/mol. The van der Waals surface area contributed by atoms with Crippen LogP contribution in [0, 0.1) is 0 Å². The molecule has 0 radical (unpaired) electrons. The molecule has 0 atom stereocenters. The van der Waals surface area contributed by atoms with Crippen molar-refractivity contribution in [2.24, 2.45) is 5.14 Å². The van der Waals surface area contributed by atoms with Crippen molar-refractivity contribution in [1.82, 2.24) is 9.47 Å². The first-order valence-corrected chi connectivity index (χ1v) is 8.26. The zero-order chi connectivity index (χ0) is 15.1. The molecular formula is C13H21N3O3S. The van der Waals surface area contributed by atoms with E-state index in [1.165, 1.54) is 12.3 Å². The molecule has 20 heavy (non-hydrogen) atoms. The number of hydrogen-bond donors (Lipinski definition) is 1. The minimum atomic E-state index is -3.79. The van der Waals surface area contributed by atoms with Crippen molar-refractivity contribution in [2.75, 3.05) is 6.54 Å². The van der Waals surface area contributed by atoms with Gasteiger partial charge in [-0.3, -0.25) is 4.79 Å². The molecule has 1 aromatic rings. The Balaban J connectivity index is 2.42. The maximum atomic E-state index is 12.7. The first-order valence-electron chi connectivity index (χ1n) is 6.72. The molecule has 1 amide bonds. The van der Waals surface area contributed by atoms with E-state index < -0.39 is 10.0 Å². The van der Waals surface area contributed by atoms with Gasteiger partial charge in [-0.05, 0) is 39.7 Å². The zero-order valence-corrected chi connectivity index (χ0v) is 12.9. The Morgan fingerprint density at radius 1 is 1.45 bits per heavy atom. The summed E-state index contributed by atoms with van der Waals surface area (Å²) >= 11 is 0. The van der Waals surface area contributed by atoms with Gasteiger partial charge in [-0.15, -0.1) is 0 Å². The summed E-state index contributed by atoms with van der Waals surface area (Å²) in [7, 11) is -3.79. The van der Waals surface area contributed by atoms with E-state index in [9.17, 15) is 13.2 Å².